The number of aryl methyl sites for hydroxylation is 2. The average Bonchev–Trinajstić information content (AvgIpc) is 3.90. The third kappa shape index (κ3) is 9.54. The Hall–Kier alpha value is -5.29. The monoisotopic (exact) mass is 927 g/mol. The molecule has 0 radical (unpaired) electrons. The Morgan fingerprint density at radius 1 is 1.03 bits per heavy atom. The van der Waals surface area contributed by atoms with Gasteiger partial charge in [0.15, 0.2) is 0 Å². The number of nitrogens with zero attached hydrogens (tertiary/aromatic N) is 4. The molecule has 4 aromatic rings. The van der Waals surface area contributed by atoms with Crippen molar-refractivity contribution in [3.05, 3.63) is 65.1 Å². The highest BCUT2D eigenvalue weighted by atomic mass is 32.2. The van der Waals surface area contributed by atoms with Crippen LogP contribution in [-0.4, -0.2) is 92.3 Å². The van der Waals surface area contributed by atoms with Crippen molar-refractivity contribution >= 4 is 56.2 Å². The van der Waals surface area contributed by atoms with Crippen molar-refractivity contribution in [2.24, 2.45) is 5.92 Å². The molecule has 17 heteroatoms. The van der Waals surface area contributed by atoms with E-state index in [0.717, 1.165) is 45.8 Å². The number of ether oxygens (including phenoxy) is 2. The largest absolute Gasteiger partial charge is 0.459 e. The molecule has 3 N–H and O–H groups in total. The highest BCUT2D eigenvalue weighted by Gasteiger charge is 2.63. The maximum atomic E-state index is 14.8. The lowest BCUT2D eigenvalue weighted by Crippen LogP contribution is -2.58. The van der Waals surface area contributed by atoms with Gasteiger partial charge >= 0.3 is 6.09 Å². The number of fused-ring (bicyclic) bond motifs is 3. The number of nitrogens with one attached hydrogen (secondary N) is 3. The van der Waals surface area contributed by atoms with Crippen molar-refractivity contribution in [2.75, 3.05) is 6.54 Å². The molecule has 2 aromatic heterocycles. The Bertz CT molecular complexity index is 2660. The quantitative estimate of drug-likeness (QED) is 0.141. The zero-order chi connectivity index (χ0) is 46.6. The Morgan fingerprint density at radius 2 is 1.80 bits per heavy atom. The molecule has 65 heavy (non-hydrogen) atoms. The number of benzene rings is 2. The number of carbonyl (C=O) groups is 4. The molecule has 8 rings (SSSR count). The molecule has 15 nitrogen and oxygen atoms in total. The molecule has 4 amide bonds. The van der Waals surface area contributed by atoms with Crippen LogP contribution in [0.2, 0.25) is 0 Å². The predicted octanol–water partition coefficient (Wildman–Crippen LogP) is 7.66. The summed E-state index contributed by atoms with van der Waals surface area (Å²) in [5, 5.41) is 8.57. The van der Waals surface area contributed by atoms with Gasteiger partial charge in [0.2, 0.25) is 21.8 Å². The third-order valence-corrected chi connectivity index (χ3v) is 16.1. The van der Waals surface area contributed by atoms with Crippen molar-refractivity contribution in [1.29, 1.82) is 0 Å². The summed E-state index contributed by atoms with van der Waals surface area (Å²) in [4.78, 5) is 68.3. The molecule has 0 unspecified atom stereocenters. The SMILES string of the molecule is Cc1ccc(-c2csc(-c3cccc4c3nc(O[C@@H]3C[C@H]5C(=O)N[C@]6(C(=O)NS(=O)(=O)C7(C)CC7)C[C@H]6/C=C\CCCCC[C@H](NC(=O)OC(C)(C)C)C(=O)N5C3)n4C(C)C)n2)c(C)c1. The van der Waals surface area contributed by atoms with Gasteiger partial charge in [-0.3, -0.25) is 23.7 Å². The number of carbonyl (C=O) groups excluding carboxylic acids is 4. The number of alkyl carbamates (subject to hydrolysis) is 1. The summed E-state index contributed by atoms with van der Waals surface area (Å²) in [6.45, 7) is 15.0. The van der Waals surface area contributed by atoms with Gasteiger partial charge in [0.1, 0.15) is 39.9 Å². The number of hydrogen-bond donors (Lipinski definition) is 3. The molecule has 0 bridgehead atoms. The van der Waals surface area contributed by atoms with E-state index in [0.29, 0.717) is 43.6 Å². The van der Waals surface area contributed by atoms with Crippen molar-refractivity contribution < 1.29 is 37.1 Å². The number of sulfonamides is 1. The van der Waals surface area contributed by atoms with E-state index in [9.17, 15) is 27.6 Å². The molecule has 2 aromatic carbocycles. The second-order valence-electron chi connectivity index (χ2n) is 19.8. The van der Waals surface area contributed by atoms with E-state index in [4.69, 9.17) is 19.4 Å². The van der Waals surface area contributed by atoms with Crippen molar-refractivity contribution in [2.45, 2.75) is 153 Å². The molecule has 2 saturated carbocycles. The number of thiazole rings is 1. The Morgan fingerprint density at radius 3 is 2.51 bits per heavy atom. The smallest absolute Gasteiger partial charge is 0.408 e. The van der Waals surface area contributed by atoms with E-state index in [1.165, 1.54) is 21.8 Å². The fraction of sp³-hybridized carbons (Fsp3) is 0.542. The predicted molar refractivity (Wildman–Crippen MR) is 250 cm³/mol. The number of aromatic nitrogens is 3. The lowest BCUT2D eigenvalue weighted by Gasteiger charge is -2.30. The average molecular weight is 928 g/mol. The van der Waals surface area contributed by atoms with E-state index < -0.39 is 73.8 Å². The summed E-state index contributed by atoms with van der Waals surface area (Å²) < 4.78 is 42.2. The lowest BCUT2D eigenvalue weighted by molar-refractivity contribution is -0.141. The molecular formula is C48H61N7O8S2. The molecule has 3 fully saturated rings. The summed E-state index contributed by atoms with van der Waals surface area (Å²) >= 11 is 1.53. The molecule has 1 saturated heterocycles. The summed E-state index contributed by atoms with van der Waals surface area (Å²) in [6, 6.07) is 10.3. The summed E-state index contributed by atoms with van der Waals surface area (Å²) in [5.41, 5.74) is 4.26. The highest BCUT2D eigenvalue weighted by molar-refractivity contribution is 7.91. The fourth-order valence-corrected chi connectivity index (χ4v) is 11.2. The van der Waals surface area contributed by atoms with E-state index >= 15 is 0 Å². The van der Waals surface area contributed by atoms with Crippen LogP contribution in [0.4, 0.5) is 4.79 Å². The first-order valence-electron chi connectivity index (χ1n) is 22.8. The zero-order valence-electron chi connectivity index (χ0n) is 38.5. The molecule has 348 valence electrons. The van der Waals surface area contributed by atoms with Crippen molar-refractivity contribution in [1.82, 2.24) is 34.8 Å². The van der Waals surface area contributed by atoms with Gasteiger partial charge in [-0.1, -0.05) is 54.8 Å². The minimum atomic E-state index is -4.01. The Balaban J connectivity index is 1.12. The molecule has 4 heterocycles. The molecule has 5 atom stereocenters. The van der Waals surface area contributed by atoms with Gasteiger partial charge in [-0.25, -0.2) is 18.2 Å². The second kappa shape index (κ2) is 17.5. The maximum Gasteiger partial charge on any atom is 0.408 e. The topological polar surface area (TPSA) is 191 Å². The van der Waals surface area contributed by atoms with Gasteiger partial charge < -0.3 is 25.0 Å². The minimum Gasteiger partial charge on any atom is -0.459 e. The molecule has 2 aliphatic carbocycles. The Labute approximate surface area is 385 Å². The first-order chi connectivity index (χ1) is 30.7. The van der Waals surface area contributed by atoms with Crippen LogP contribution < -0.4 is 20.1 Å². The lowest BCUT2D eigenvalue weighted by atomic mass is 10.0. The van der Waals surface area contributed by atoms with Crippen LogP contribution in [0.15, 0.2) is 53.9 Å². The summed E-state index contributed by atoms with van der Waals surface area (Å²) in [6.07, 6.45) is 6.58. The minimum absolute atomic E-state index is 0.0292. The first kappa shape index (κ1) is 46.2. The van der Waals surface area contributed by atoms with Gasteiger partial charge in [-0.15, -0.1) is 11.3 Å². The summed E-state index contributed by atoms with van der Waals surface area (Å²) in [5.74, 6) is -2.37. The second-order valence-corrected chi connectivity index (χ2v) is 22.8. The number of allylic oxidation sites excluding steroid dienone is 1. The van der Waals surface area contributed by atoms with Crippen LogP contribution in [0.1, 0.15) is 116 Å². The first-order valence-corrected chi connectivity index (χ1v) is 25.1. The van der Waals surface area contributed by atoms with E-state index in [1.807, 2.05) is 48.8 Å². The van der Waals surface area contributed by atoms with Gasteiger partial charge in [-0.05, 0) is 112 Å². The molecule has 0 spiro atoms. The molecule has 2 aliphatic heterocycles. The van der Waals surface area contributed by atoms with Crippen LogP contribution in [0.25, 0.3) is 32.9 Å². The summed E-state index contributed by atoms with van der Waals surface area (Å²) in [7, 11) is -4.01. The van der Waals surface area contributed by atoms with Gasteiger partial charge in [0, 0.05) is 34.9 Å². The number of hydrogen-bond acceptors (Lipinski definition) is 11. The normalized spacial score (nSPS) is 25.2. The van der Waals surface area contributed by atoms with Gasteiger partial charge in [0.25, 0.3) is 11.9 Å². The van der Waals surface area contributed by atoms with Crippen LogP contribution in [0.5, 0.6) is 6.01 Å². The molecule has 4 aliphatic rings. The highest BCUT2D eigenvalue weighted by Crippen LogP contribution is 2.48. The van der Waals surface area contributed by atoms with Crippen molar-refractivity contribution in [3.8, 4) is 27.8 Å². The third-order valence-electron chi connectivity index (χ3n) is 13.0. The number of amides is 4. The van der Waals surface area contributed by atoms with E-state index in [1.54, 1.807) is 27.7 Å². The van der Waals surface area contributed by atoms with Crippen LogP contribution in [0, 0.1) is 19.8 Å². The fourth-order valence-electron chi connectivity index (χ4n) is 9.02. The van der Waals surface area contributed by atoms with Crippen LogP contribution >= 0.6 is 11.3 Å². The van der Waals surface area contributed by atoms with Gasteiger partial charge in [-0.2, -0.15) is 4.98 Å². The Kier molecular flexibility index (Phi) is 12.4. The molecular weight excluding hydrogens is 867 g/mol. The number of imidazole rings is 1. The zero-order valence-corrected chi connectivity index (χ0v) is 40.2. The van der Waals surface area contributed by atoms with Crippen molar-refractivity contribution in [3.63, 3.8) is 0 Å². The van der Waals surface area contributed by atoms with Crippen LogP contribution in [0.3, 0.4) is 0 Å². The van der Waals surface area contributed by atoms with Crippen LogP contribution in [-0.2, 0) is 29.1 Å². The number of rotatable bonds is 9. The standard InChI is InChI=1S/C48H61N7O8S2/c1-28(2)55-37-18-14-16-34(41-49-36(27-64-41)33-20-19-29(3)23-30(33)4)39(37)51-44(55)62-32-24-38-40(56)52-48(43(58)53-65(60,61)47(8)21-22-47)25-31(48)15-12-10-9-11-13-17-35(42(57)54(38)26-32)50-45(59)63-46(5,6)7/h12,14-16,18-20,23,27-28,31-32,35,38H,9-11,13,17,21-22,24-26H2,1-8H3,(H,50,59)(H,52,56)(H,53,58)/b15-12-/t31-,32-,35+,38+,48-/m1/s1. The number of para-hydroxylation sites is 1. The van der Waals surface area contributed by atoms with E-state index in [2.05, 4.69) is 52.8 Å². The maximum absolute atomic E-state index is 14.8. The van der Waals surface area contributed by atoms with Gasteiger partial charge in [0.05, 0.1) is 22.5 Å². The van der Waals surface area contributed by atoms with E-state index in [-0.39, 0.29) is 25.4 Å².